The summed E-state index contributed by atoms with van der Waals surface area (Å²) in [5.74, 6) is -1.76. The van der Waals surface area contributed by atoms with Gasteiger partial charge >= 0.3 is 5.97 Å². The van der Waals surface area contributed by atoms with Crippen molar-refractivity contribution in [3.63, 3.8) is 0 Å². The number of oxime groups is 1. The molecule has 164 valence electrons. The number of halogens is 1. The summed E-state index contributed by atoms with van der Waals surface area (Å²) < 4.78 is 7.13. The maximum atomic E-state index is 12.6. The maximum absolute atomic E-state index is 12.6. The highest BCUT2D eigenvalue weighted by Gasteiger charge is 2.45. The Morgan fingerprint density at radius 1 is 1.12 bits per heavy atom. The van der Waals surface area contributed by atoms with E-state index in [1.807, 2.05) is 54.6 Å². The number of rotatable bonds is 8. The first-order valence-corrected chi connectivity index (χ1v) is 10.4. The van der Waals surface area contributed by atoms with Gasteiger partial charge in [-0.2, -0.15) is 5.10 Å². The van der Waals surface area contributed by atoms with Crippen LogP contribution in [0, 0.1) is 0 Å². The van der Waals surface area contributed by atoms with Crippen LogP contribution >= 0.6 is 15.9 Å². The third-order valence-electron chi connectivity index (χ3n) is 4.79. The van der Waals surface area contributed by atoms with E-state index in [4.69, 9.17) is 9.68 Å². The fourth-order valence-corrected chi connectivity index (χ4v) is 3.49. The SMILES string of the molecule is CO/N=C(/CN1OC1c1c(C(=O)C(=O)OC)cnn1-c1ccccc1)c1ccc(Br)cc1. The van der Waals surface area contributed by atoms with Crippen molar-refractivity contribution in [1.82, 2.24) is 14.8 Å². The smallest absolute Gasteiger partial charge is 0.379 e. The maximum Gasteiger partial charge on any atom is 0.379 e. The third kappa shape index (κ3) is 4.47. The normalized spacial score (nSPS) is 17.7. The molecule has 2 heterocycles. The minimum absolute atomic E-state index is 0.113. The van der Waals surface area contributed by atoms with Crippen molar-refractivity contribution >= 4 is 33.4 Å². The summed E-state index contributed by atoms with van der Waals surface area (Å²) in [5.41, 5.74) is 2.75. The Balaban J connectivity index is 1.65. The number of esters is 1. The summed E-state index contributed by atoms with van der Waals surface area (Å²) in [5, 5.41) is 10.1. The van der Waals surface area contributed by atoms with Crippen LogP contribution in [0.25, 0.3) is 5.69 Å². The van der Waals surface area contributed by atoms with Gasteiger partial charge in [-0.05, 0) is 24.3 Å². The lowest BCUT2D eigenvalue weighted by Gasteiger charge is -2.08. The quantitative estimate of drug-likeness (QED) is 0.117. The van der Waals surface area contributed by atoms with E-state index < -0.39 is 18.0 Å². The highest BCUT2D eigenvalue weighted by Crippen LogP contribution is 2.40. The zero-order valence-corrected chi connectivity index (χ0v) is 18.9. The molecule has 3 aromatic rings. The van der Waals surface area contributed by atoms with E-state index in [0.29, 0.717) is 11.4 Å². The third-order valence-corrected chi connectivity index (χ3v) is 5.32. The second-order valence-electron chi connectivity index (χ2n) is 6.77. The molecule has 0 N–H and O–H groups in total. The molecule has 0 aliphatic carbocycles. The van der Waals surface area contributed by atoms with Crippen LogP contribution in [0.15, 0.2) is 70.4 Å². The lowest BCUT2D eigenvalue weighted by atomic mass is 10.1. The summed E-state index contributed by atoms with van der Waals surface area (Å²) in [7, 11) is 2.63. The summed E-state index contributed by atoms with van der Waals surface area (Å²) in [4.78, 5) is 35.3. The second kappa shape index (κ2) is 9.43. The molecule has 2 unspecified atom stereocenters. The van der Waals surface area contributed by atoms with Crippen LogP contribution in [0.2, 0.25) is 0 Å². The van der Waals surface area contributed by atoms with Crippen molar-refractivity contribution in [2.75, 3.05) is 20.8 Å². The van der Waals surface area contributed by atoms with Gasteiger partial charge in [0.25, 0.3) is 5.78 Å². The average Bonchev–Trinajstić information content (AvgIpc) is 3.44. The minimum atomic E-state index is -0.970. The number of hydrogen-bond donors (Lipinski definition) is 0. The van der Waals surface area contributed by atoms with E-state index in [0.717, 1.165) is 22.8 Å². The highest BCUT2D eigenvalue weighted by atomic mass is 79.9. The van der Waals surface area contributed by atoms with E-state index in [-0.39, 0.29) is 12.1 Å². The van der Waals surface area contributed by atoms with Gasteiger partial charge in [-0.1, -0.05) is 51.4 Å². The Morgan fingerprint density at radius 2 is 1.84 bits per heavy atom. The molecule has 2 atom stereocenters. The van der Waals surface area contributed by atoms with Crippen LogP contribution in [0.1, 0.15) is 27.8 Å². The number of hydroxylamine groups is 2. The molecule has 1 aliphatic heterocycles. The topological polar surface area (TPSA) is 98.3 Å². The molecule has 2 aromatic carbocycles. The van der Waals surface area contributed by atoms with Gasteiger partial charge in [0.15, 0.2) is 6.23 Å². The first-order chi connectivity index (χ1) is 15.5. The summed E-state index contributed by atoms with van der Waals surface area (Å²) in [6, 6.07) is 16.9. The van der Waals surface area contributed by atoms with E-state index in [9.17, 15) is 9.59 Å². The van der Waals surface area contributed by atoms with Gasteiger partial charge in [0.05, 0.1) is 31.1 Å². The number of methoxy groups -OCH3 is 1. The number of para-hydroxylation sites is 1. The molecule has 9 nitrogen and oxygen atoms in total. The van der Waals surface area contributed by atoms with Crippen molar-refractivity contribution in [3.8, 4) is 5.69 Å². The molecule has 0 spiro atoms. The molecule has 4 rings (SSSR count). The summed E-state index contributed by atoms with van der Waals surface area (Å²) >= 11 is 3.42. The largest absolute Gasteiger partial charge is 0.463 e. The number of carbonyl (C=O) groups is 2. The molecule has 0 bridgehead atoms. The zero-order valence-electron chi connectivity index (χ0n) is 17.3. The van der Waals surface area contributed by atoms with Gasteiger partial charge in [0.2, 0.25) is 0 Å². The number of ether oxygens (including phenoxy) is 1. The van der Waals surface area contributed by atoms with Crippen LogP contribution in [0.3, 0.4) is 0 Å². The number of Topliss-reactive ketones (excluding diaryl/α,β-unsaturated/α-hetero) is 1. The number of carbonyl (C=O) groups excluding carboxylic acids is 2. The number of hydrogen-bond acceptors (Lipinski definition) is 8. The van der Waals surface area contributed by atoms with Gasteiger partial charge in [-0.25, -0.2) is 9.48 Å². The number of aromatic nitrogens is 2. The molecule has 0 radical (unpaired) electrons. The molecular weight excluding hydrogens is 480 g/mol. The molecule has 1 saturated heterocycles. The Labute approximate surface area is 192 Å². The summed E-state index contributed by atoms with van der Waals surface area (Å²) in [6.07, 6.45) is 0.735. The zero-order chi connectivity index (χ0) is 22.7. The first kappa shape index (κ1) is 21.9. The van der Waals surface area contributed by atoms with Gasteiger partial charge in [0.1, 0.15) is 18.5 Å². The highest BCUT2D eigenvalue weighted by molar-refractivity contribution is 9.10. The van der Waals surface area contributed by atoms with Crippen LogP contribution in [0.5, 0.6) is 0 Å². The number of nitrogens with zero attached hydrogens (tertiary/aromatic N) is 4. The van der Waals surface area contributed by atoms with Crippen molar-refractivity contribution in [2.24, 2.45) is 5.16 Å². The monoisotopic (exact) mass is 498 g/mol. The predicted octanol–water partition coefficient (Wildman–Crippen LogP) is 3.29. The Kier molecular flexibility index (Phi) is 6.45. The van der Waals surface area contributed by atoms with Gasteiger partial charge in [-0.3, -0.25) is 9.63 Å². The Hall–Kier alpha value is -3.34. The Bertz CT molecular complexity index is 1160. The van der Waals surface area contributed by atoms with E-state index in [1.165, 1.54) is 13.3 Å². The molecule has 1 aliphatic rings. The van der Waals surface area contributed by atoms with Crippen LogP contribution in [-0.2, 0) is 19.2 Å². The van der Waals surface area contributed by atoms with Crippen molar-refractivity contribution in [3.05, 3.63) is 82.1 Å². The van der Waals surface area contributed by atoms with Crippen molar-refractivity contribution in [1.29, 1.82) is 0 Å². The molecule has 10 heteroatoms. The van der Waals surface area contributed by atoms with Crippen LogP contribution < -0.4 is 0 Å². The first-order valence-electron chi connectivity index (χ1n) is 9.59. The molecule has 0 amide bonds. The number of ketones is 1. The molecular formula is C22H19BrN4O5. The molecule has 1 aromatic heterocycles. The predicted molar refractivity (Wildman–Crippen MR) is 118 cm³/mol. The lowest BCUT2D eigenvalue weighted by molar-refractivity contribution is -0.135. The lowest BCUT2D eigenvalue weighted by Crippen LogP contribution is -2.19. The minimum Gasteiger partial charge on any atom is -0.463 e. The van der Waals surface area contributed by atoms with Gasteiger partial charge in [-0.15, -0.1) is 5.06 Å². The van der Waals surface area contributed by atoms with Gasteiger partial charge < -0.3 is 9.57 Å². The van der Waals surface area contributed by atoms with Crippen LogP contribution in [-0.4, -0.2) is 53.1 Å². The summed E-state index contributed by atoms with van der Waals surface area (Å²) in [6.45, 7) is 0.284. The van der Waals surface area contributed by atoms with Crippen LogP contribution in [0.4, 0.5) is 0 Å². The van der Waals surface area contributed by atoms with Gasteiger partial charge in [0, 0.05) is 10.0 Å². The standard InChI is InChI=1S/C22H19BrN4O5/c1-30-22(29)20(28)17-12-24-27(16-6-4-3-5-7-16)19(17)21-26(32-21)13-18(25-31-2)14-8-10-15(23)11-9-14/h3-12,21H,13H2,1-2H3/b25-18-. The molecule has 0 saturated carbocycles. The second-order valence-corrected chi connectivity index (χ2v) is 7.69. The van der Waals surface area contributed by atoms with E-state index in [1.54, 1.807) is 9.75 Å². The Morgan fingerprint density at radius 3 is 2.50 bits per heavy atom. The fraction of sp³-hybridized carbons (Fsp3) is 0.182. The van der Waals surface area contributed by atoms with Crippen molar-refractivity contribution in [2.45, 2.75) is 6.23 Å². The molecule has 32 heavy (non-hydrogen) atoms. The van der Waals surface area contributed by atoms with E-state index in [2.05, 4.69) is 30.9 Å². The fourth-order valence-electron chi connectivity index (χ4n) is 3.23. The number of benzene rings is 2. The average molecular weight is 499 g/mol. The van der Waals surface area contributed by atoms with E-state index >= 15 is 0 Å². The van der Waals surface area contributed by atoms with Crippen molar-refractivity contribution < 1.29 is 24.0 Å². The molecule has 1 fully saturated rings.